The van der Waals surface area contributed by atoms with Gasteiger partial charge < -0.3 is 25.6 Å². The number of nitrogens with zero attached hydrogens (tertiary/aromatic N) is 1. The molecule has 0 radical (unpaired) electrons. The molecule has 0 aliphatic rings. The lowest BCUT2D eigenvalue weighted by Gasteiger charge is -2.11. The smallest absolute Gasteiger partial charge is 0.197 e. The van der Waals surface area contributed by atoms with Crippen LogP contribution in [-0.4, -0.2) is 41.9 Å². The van der Waals surface area contributed by atoms with Crippen LogP contribution in [0, 0.1) is 0 Å². The van der Waals surface area contributed by atoms with Crippen LogP contribution in [0.2, 0.25) is 0 Å². The predicted molar refractivity (Wildman–Crippen MR) is 73.3 cm³/mol. The predicted octanol–water partition coefficient (Wildman–Crippen LogP) is 1.32. The summed E-state index contributed by atoms with van der Waals surface area (Å²) in [5.41, 5.74) is 5.74. The molecule has 1 heterocycles. The van der Waals surface area contributed by atoms with Crippen LogP contribution in [0.4, 0.5) is 10.8 Å². The first-order valence-corrected chi connectivity index (χ1v) is 6.76. The quantitative estimate of drug-likeness (QED) is 0.589. The summed E-state index contributed by atoms with van der Waals surface area (Å²) in [6.45, 7) is 5.71. The molecule has 7 heteroatoms. The van der Waals surface area contributed by atoms with Gasteiger partial charge in [-0.15, -0.1) is 0 Å². The molecule has 6 nitrogen and oxygen atoms in total. The Balaban J connectivity index is 2.33. The summed E-state index contributed by atoms with van der Waals surface area (Å²) in [5, 5.41) is 12.6. The summed E-state index contributed by atoms with van der Waals surface area (Å²) in [6, 6.07) is 0. The van der Waals surface area contributed by atoms with Crippen LogP contribution < -0.4 is 15.8 Å². The highest BCUT2D eigenvalue weighted by molar-refractivity contribution is 7.11. The van der Waals surface area contributed by atoms with Crippen molar-refractivity contribution in [2.24, 2.45) is 0 Å². The molecule has 0 saturated heterocycles. The first-order valence-electron chi connectivity index (χ1n) is 5.99. The molecule has 0 saturated carbocycles. The van der Waals surface area contributed by atoms with Crippen LogP contribution in [0.15, 0.2) is 0 Å². The van der Waals surface area contributed by atoms with Gasteiger partial charge in [-0.2, -0.15) is 4.37 Å². The second-order valence-corrected chi connectivity index (χ2v) is 4.78. The van der Waals surface area contributed by atoms with E-state index in [9.17, 15) is 0 Å². The Hall–Kier alpha value is -1.05. The molecule has 4 N–H and O–H groups in total. The monoisotopic (exact) mass is 275 g/mol. The minimum absolute atomic E-state index is 0.0607. The molecule has 0 fully saturated rings. The number of aliphatic hydroxyl groups is 1. The SMILES string of the molecule is CC(C)Oc1c(N)nsc1NCCCOCCO. The van der Waals surface area contributed by atoms with Crippen molar-refractivity contribution in [3.05, 3.63) is 0 Å². The van der Waals surface area contributed by atoms with Crippen molar-refractivity contribution in [1.29, 1.82) is 0 Å². The van der Waals surface area contributed by atoms with Gasteiger partial charge in [0.25, 0.3) is 0 Å². The van der Waals surface area contributed by atoms with E-state index >= 15 is 0 Å². The van der Waals surface area contributed by atoms with Crippen molar-refractivity contribution in [1.82, 2.24) is 4.37 Å². The van der Waals surface area contributed by atoms with Crippen LogP contribution >= 0.6 is 11.5 Å². The van der Waals surface area contributed by atoms with Gasteiger partial charge in [-0.1, -0.05) is 0 Å². The van der Waals surface area contributed by atoms with Crippen molar-refractivity contribution >= 4 is 22.4 Å². The summed E-state index contributed by atoms with van der Waals surface area (Å²) in [7, 11) is 0. The molecule has 0 amide bonds. The van der Waals surface area contributed by atoms with Gasteiger partial charge in [0, 0.05) is 13.2 Å². The summed E-state index contributed by atoms with van der Waals surface area (Å²) < 4.78 is 14.8. The van der Waals surface area contributed by atoms with E-state index in [1.165, 1.54) is 11.5 Å². The maximum absolute atomic E-state index is 8.55. The van der Waals surface area contributed by atoms with Gasteiger partial charge >= 0.3 is 0 Å². The first-order chi connectivity index (χ1) is 8.65. The lowest BCUT2D eigenvalue weighted by atomic mass is 10.4. The van der Waals surface area contributed by atoms with E-state index in [0.29, 0.717) is 24.8 Å². The van der Waals surface area contributed by atoms with E-state index in [1.54, 1.807) is 0 Å². The number of rotatable bonds is 9. The van der Waals surface area contributed by atoms with E-state index in [4.69, 9.17) is 20.3 Å². The van der Waals surface area contributed by atoms with Gasteiger partial charge in [-0.25, -0.2) is 0 Å². The van der Waals surface area contributed by atoms with E-state index in [2.05, 4.69) is 9.69 Å². The third-order valence-electron chi connectivity index (χ3n) is 2.01. The Bertz CT molecular complexity index is 344. The number of hydrogen-bond donors (Lipinski definition) is 3. The van der Waals surface area contributed by atoms with Crippen LogP contribution in [0.5, 0.6) is 5.75 Å². The first kappa shape index (κ1) is 15.0. The molecule has 0 aliphatic carbocycles. The van der Waals surface area contributed by atoms with Gasteiger partial charge in [-0.05, 0) is 31.8 Å². The van der Waals surface area contributed by atoms with Crippen molar-refractivity contribution in [2.75, 3.05) is 37.4 Å². The van der Waals surface area contributed by atoms with Crippen LogP contribution in [0.3, 0.4) is 0 Å². The molecule has 0 unspecified atom stereocenters. The fourth-order valence-corrected chi connectivity index (χ4v) is 1.97. The largest absolute Gasteiger partial charge is 0.484 e. The molecule has 1 aromatic rings. The number of nitrogen functional groups attached to an aromatic ring is 1. The molecule has 0 spiro atoms. The average molecular weight is 275 g/mol. The van der Waals surface area contributed by atoms with Gasteiger partial charge in [0.2, 0.25) is 0 Å². The summed E-state index contributed by atoms with van der Waals surface area (Å²) in [4.78, 5) is 0. The number of hydrogen-bond acceptors (Lipinski definition) is 7. The summed E-state index contributed by atoms with van der Waals surface area (Å²) in [5.74, 6) is 1.05. The Labute approximate surface area is 111 Å². The Morgan fingerprint density at radius 1 is 1.44 bits per heavy atom. The fraction of sp³-hybridized carbons (Fsp3) is 0.727. The van der Waals surface area contributed by atoms with Gasteiger partial charge in [-0.3, -0.25) is 0 Å². The minimum atomic E-state index is 0.0607. The highest BCUT2D eigenvalue weighted by atomic mass is 32.1. The number of aromatic nitrogens is 1. The second kappa shape index (κ2) is 8.12. The number of anilines is 2. The second-order valence-electron chi connectivity index (χ2n) is 4.01. The zero-order valence-corrected chi connectivity index (χ0v) is 11.6. The number of nitrogens with two attached hydrogens (primary N) is 1. The Morgan fingerprint density at radius 3 is 2.89 bits per heavy atom. The van der Waals surface area contributed by atoms with E-state index in [0.717, 1.165) is 18.0 Å². The minimum Gasteiger partial charge on any atom is -0.484 e. The molecule has 104 valence electrons. The molecule has 18 heavy (non-hydrogen) atoms. The standard InChI is InChI=1S/C11H21N3O3S/c1-8(2)17-9-10(12)14-18-11(9)13-4-3-6-16-7-5-15/h8,13,15H,3-7H2,1-2H3,(H2,12,14). The zero-order valence-electron chi connectivity index (χ0n) is 10.8. The maximum Gasteiger partial charge on any atom is 0.197 e. The molecular formula is C11H21N3O3S. The third-order valence-corrected chi connectivity index (χ3v) is 2.81. The Kier molecular flexibility index (Phi) is 6.77. The van der Waals surface area contributed by atoms with Crippen molar-refractivity contribution in [2.45, 2.75) is 26.4 Å². The normalized spacial score (nSPS) is 10.9. The number of ether oxygens (including phenoxy) is 2. The van der Waals surface area contributed by atoms with Crippen LogP contribution in [0.25, 0.3) is 0 Å². The van der Waals surface area contributed by atoms with E-state index < -0.39 is 0 Å². The molecule has 0 aliphatic heterocycles. The fourth-order valence-electron chi connectivity index (χ4n) is 1.30. The summed E-state index contributed by atoms with van der Waals surface area (Å²) >= 11 is 1.29. The topological polar surface area (TPSA) is 89.6 Å². The van der Waals surface area contributed by atoms with Gasteiger partial charge in [0.05, 0.1) is 19.3 Å². The third kappa shape index (κ3) is 5.07. The van der Waals surface area contributed by atoms with Crippen molar-refractivity contribution in [3.8, 4) is 5.75 Å². The highest BCUT2D eigenvalue weighted by Gasteiger charge is 2.13. The molecule has 0 aromatic carbocycles. The molecule has 1 aromatic heterocycles. The molecule has 0 atom stereocenters. The summed E-state index contributed by atoms with van der Waals surface area (Å²) in [6.07, 6.45) is 0.913. The van der Waals surface area contributed by atoms with Crippen LogP contribution in [-0.2, 0) is 4.74 Å². The number of aliphatic hydroxyl groups excluding tert-OH is 1. The van der Waals surface area contributed by atoms with Crippen molar-refractivity contribution < 1.29 is 14.6 Å². The molecular weight excluding hydrogens is 254 g/mol. The molecule has 0 bridgehead atoms. The molecule has 1 rings (SSSR count). The van der Waals surface area contributed by atoms with Gasteiger partial charge in [0.1, 0.15) is 0 Å². The lowest BCUT2D eigenvalue weighted by Crippen LogP contribution is -2.10. The van der Waals surface area contributed by atoms with Crippen LogP contribution in [0.1, 0.15) is 20.3 Å². The highest BCUT2D eigenvalue weighted by Crippen LogP contribution is 2.35. The maximum atomic E-state index is 8.55. The van der Waals surface area contributed by atoms with Crippen molar-refractivity contribution in [3.63, 3.8) is 0 Å². The van der Waals surface area contributed by atoms with Gasteiger partial charge in [0.15, 0.2) is 16.6 Å². The average Bonchev–Trinajstić information content (AvgIpc) is 2.65. The van der Waals surface area contributed by atoms with E-state index in [-0.39, 0.29) is 12.7 Å². The lowest BCUT2D eigenvalue weighted by molar-refractivity contribution is 0.0922. The Morgan fingerprint density at radius 2 is 2.22 bits per heavy atom. The zero-order chi connectivity index (χ0) is 13.4. The van der Waals surface area contributed by atoms with E-state index in [1.807, 2.05) is 13.8 Å². The number of nitrogens with one attached hydrogen (secondary N) is 1.